The van der Waals surface area contributed by atoms with E-state index in [0.717, 1.165) is 31.4 Å². The number of sulfonamides is 1. The molecule has 146 valence electrons. The number of non-ortho nitro benzene ring substituents is 1. The van der Waals surface area contributed by atoms with Crippen LogP contribution in [-0.4, -0.2) is 38.9 Å². The smallest absolute Gasteiger partial charge is 0.269 e. The highest BCUT2D eigenvalue weighted by Crippen LogP contribution is 2.30. The van der Waals surface area contributed by atoms with E-state index in [0.29, 0.717) is 6.54 Å². The number of nitrogens with two attached hydrogens (primary N) is 1. The molecule has 1 amide bonds. The van der Waals surface area contributed by atoms with Gasteiger partial charge in [-0.05, 0) is 37.4 Å². The summed E-state index contributed by atoms with van der Waals surface area (Å²) in [6, 6.07) is 4.60. The SMILES string of the molecule is Cl.NC[C@H]1CCC[C@H]1C(=O)NCCNS(=O)(=O)c1ccc([N+](=O)[O-])cc1. The van der Waals surface area contributed by atoms with Crippen LogP contribution in [-0.2, 0) is 14.8 Å². The van der Waals surface area contributed by atoms with Crippen molar-refractivity contribution in [2.75, 3.05) is 19.6 Å². The van der Waals surface area contributed by atoms with E-state index >= 15 is 0 Å². The van der Waals surface area contributed by atoms with Crippen molar-refractivity contribution < 1.29 is 18.1 Å². The van der Waals surface area contributed by atoms with Gasteiger partial charge in [0.15, 0.2) is 0 Å². The molecule has 9 nitrogen and oxygen atoms in total. The van der Waals surface area contributed by atoms with Gasteiger partial charge in [0.1, 0.15) is 0 Å². The molecule has 1 aliphatic carbocycles. The Bertz CT molecular complexity index is 726. The molecule has 11 heteroatoms. The van der Waals surface area contributed by atoms with Gasteiger partial charge < -0.3 is 11.1 Å². The second kappa shape index (κ2) is 9.81. The molecule has 0 bridgehead atoms. The maximum absolute atomic E-state index is 12.1. The first-order valence-corrected chi connectivity index (χ1v) is 9.55. The Morgan fingerprint density at radius 1 is 1.23 bits per heavy atom. The van der Waals surface area contributed by atoms with Gasteiger partial charge in [0.2, 0.25) is 15.9 Å². The molecule has 0 saturated heterocycles. The van der Waals surface area contributed by atoms with Gasteiger partial charge in [-0.15, -0.1) is 12.4 Å². The molecule has 0 unspecified atom stereocenters. The molecule has 26 heavy (non-hydrogen) atoms. The van der Waals surface area contributed by atoms with Crippen molar-refractivity contribution in [1.29, 1.82) is 0 Å². The molecule has 2 rings (SSSR count). The summed E-state index contributed by atoms with van der Waals surface area (Å²) >= 11 is 0. The lowest BCUT2D eigenvalue weighted by molar-refractivity contribution is -0.384. The largest absolute Gasteiger partial charge is 0.355 e. The normalized spacial score (nSPS) is 19.6. The summed E-state index contributed by atoms with van der Waals surface area (Å²) in [6.07, 6.45) is 2.73. The van der Waals surface area contributed by atoms with Gasteiger partial charge in [-0.3, -0.25) is 14.9 Å². The molecule has 4 N–H and O–H groups in total. The van der Waals surface area contributed by atoms with Crippen LogP contribution < -0.4 is 15.8 Å². The minimum Gasteiger partial charge on any atom is -0.355 e. The van der Waals surface area contributed by atoms with Crippen LogP contribution in [0.25, 0.3) is 0 Å². The Morgan fingerprint density at radius 2 is 1.88 bits per heavy atom. The second-order valence-corrected chi connectivity index (χ2v) is 7.74. The molecule has 1 aromatic carbocycles. The van der Waals surface area contributed by atoms with E-state index in [-0.39, 0.29) is 53.8 Å². The first kappa shape index (κ1) is 22.3. The fourth-order valence-electron chi connectivity index (χ4n) is 3.00. The maximum atomic E-state index is 12.1. The minimum atomic E-state index is -3.78. The van der Waals surface area contributed by atoms with E-state index in [1.165, 1.54) is 12.1 Å². The number of nitrogens with zero attached hydrogens (tertiary/aromatic N) is 1. The first-order chi connectivity index (χ1) is 11.8. The van der Waals surface area contributed by atoms with Crippen molar-refractivity contribution in [3.63, 3.8) is 0 Å². The van der Waals surface area contributed by atoms with Gasteiger partial charge in [0, 0.05) is 31.1 Å². The third kappa shape index (κ3) is 5.63. The minimum absolute atomic E-state index is 0. The Hall–Kier alpha value is -1.75. The molecule has 1 saturated carbocycles. The third-order valence-electron chi connectivity index (χ3n) is 4.37. The van der Waals surface area contributed by atoms with Crippen molar-refractivity contribution in [2.24, 2.45) is 17.6 Å². The average Bonchev–Trinajstić information content (AvgIpc) is 3.07. The van der Waals surface area contributed by atoms with Crippen LogP contribution in [0.5, 0.6) is 0 Å². The van der Waals surface area contributed by atoms with Crippen LogP contribution in [0.1, 0.15) is 19.3 Å². The average molecular weight is 407 g/mol. The number of nitro groups is 1. The van der Waals surface area contributed by atoms with Gasteiger partial charge in [-0.25, -0.2) is 13.1 Å². The number of carbonyl (C=O) groups is 1. The molecular formula is C15H23ClN4O5S. The van der Waals surface area contributed by atoms with Crippen molar-refractivity contribution >= 4 is 34.0 Å². The molecule has 1 aliphatic rings. The van der Waals surface area contributed by atoms with Gasteiger partial charge >= 0.3 is 0 Å². The van der Waals surface area contributed by atoms with Crippen LogP contribution in [0.4, 0.5) is 5.69 Å². The van der Waals surface area contributed by atoms with Gasteiger partial charge in [-0.1, -0.05) is 6.42 Å². The van der Waals surface area contributed by atoms with E-state index in [1.54, 1.807) is 0 Å². The van der Waals surface area contributed by atoms with E-state index in [1.807, 2.05) is 0 Å². The van der Waals surface area contributed by atoms with E-state index < -0.39 is 14.9 Å². The lowest BCUT2D eigenvalue weighted by Crippen LogP contribution is -2.39. The zero-order valence-corrected chi connectivity index (χ0v) is 15.7. The van der Waals surface area contributed by atoms with Crippen molar-refractivity contribution in [1.82, 2.24) is 10.0 Å². The van der Waals surface area contributed by atoms with Crippen LogP contribution >= 0.6 is 12.4 Å². The van der Waals surface area contributed by atoms with Crippen molar-refractivity contribution in [3.05, 3.63) is 34.4 Å². The van der Waals surface area contributed by atoms with Crippen LogP contribution in [0.2, 0.25) is 0 Å². The fourth-order valence-corrected chi connectivity index (χ4v) is 4.03. The number of nitrogens with one attached hydrogen (secondary N) is 2. The number of rotatable bonds is 8. The summed E-state index contributed by atoms with van der Waals surface area (Å²) in [5.41, 5.74) is 5.47. The lowest BCUT2D eigenvalue weighted by Gasteiger charge is -2.17. The molecule has 0 aliphatic heterocycles. The molecule has 1 fully saturated rings. The Morgan fingerprint density at radius 3 is 2.46 bits per heavy atom. The number of nitro benzene ring substituents is 1. The predicted octanol–water partition coefficient (Wildman–Crippen LogP) is 0.786. The summed E-state index contributed by atoms with van der Waals surface area (Å²) in [5.74, 6) is -0.00411. The first-order valence-electron chi connectivity index (χ1n) is 8.07. The molecule has 1 aromatic rings. The number of hydrogen-bond donors (Lipinski definition) is 3. The topological polar surface area (TPSA) is 144 Å². The zero-order valence-electron chi connectivity index (χ0n) is 14.1. The van der Waals surface area contributed by atoms with Crippen molar-refractivity contribution in [2.45, 2.75) is 24.2 Å². The summed E-state index contributed by atoms with van der Waals surface area (Å²) in [4.78, 5) is 22.0. The standard InChI is InChI=1S/C15H22N4O5S.ClH/c16-10-11-2-1-3-14(11)15(20)17-8-9-18-25(23,24)13-6-4-12(5-7-13)19(21)22;/h4-7,11,14,18H,1-3,8-10,16H2,(H,17,20);1H/t11-,14-;/m1./s1. The number of halogens is 1. The number of benzene rings is 1. The molecule has 0 heterocycles. The molecule has 0 aromatic heterocycles. The van der Waals surface area contributed by atoms with E-state index in [2.05, 4.69) is 10.0 Å². The number of amides is 1. The highest BCUT2D eigenvalue weighted by Gasteiger charge is 2.31. The zero-order chi connectivity index (χ0) is 18.4. The summed E-state index contributed by atoms with van der Waals surface area (Å²) in [7, 11) is -3.78. The van der Waals surface area contributed by atoms with Crippen molar-refractivity contribution in [3.8, 4) is 0 Å². The Balaban J connectivity index is 0.00000338. The summed E-state index contributed by atoms with van der Waals surface area (Å²) in [6.45, 7) is 0.675. The fraction of sp³-hybridized carbons (Fsp3) is 0.533. The van der Waals surface area contributed by atoms with Crippen LogP contribution in [0.3, 0.4) is 0 Å². The predicted molar refractivity (Wildman–Crippen MR) is 98.4 cm³/mol. The molecule has 0 spiro atoms. The third-order valence-corrected chi connectivity index (χ3v) is 5.85. The monoisotopic (exact) mass is 406 g/mol. The van der Waals surface area contributed by atoms with E-state index in [9.17, 15) is 23.3 Å². The van der Waals surface area contributed by atoms with Gasteiger partial charge in [0.25, 0.3) is 5.69 Å². The van der Waals surface area contributed by atoms with Gasteiger partial charge in [-0.2, -0.15) is 0 Å². The number of hydrogen-bond acceptors (Lipinski definition) is 6. The molecule has 0 radical (unpaired) electrons. The maximum Gasteiger partial charge on any atom is 0.269 e. The Labute approximate surface area is 158 Å². The number of carbonyl (C=O) groups excluding carboxylic acids is 1. The van der Waals surface area contributed by atoms with Crippen LogP contribution in [0, 0.1) is 22.0 Å². The lowest BCUT2D eigenvalue weighted by atomic mass is 9.95. The highest BCUT2D eigenvalue weighted by molar-refractivity contribution is 7.89. The van der Waals surface area contributed by atoms with E-state index in [4.69, 9.17) is 5.73 Å². The molecular weight excluding hydrogens is 384 g/mol. The Kier molecular flexibility index (Phi) is 8.41. The quantitative estimate of drug-likeness (QED) is 0.330. The van der Waals surface area contributed by atoms with Crippen LogP contribution in [0.15, 0.2) is 29.2 Å². The highest BCUT2D eigenvalue weighted by atomic mass is 35.5. The summed E-state index contributed by atoms with van der Waals surface area (Å²) in [5, 5.41) is 13.3. The van der Waals surface area contributed by atoms with Gasteiger partial charge in [0.05, 0.1) is 9.82 Å². The second-order valence-electron chi connectivity index (χ2n) is 5.97. The molecule has 2 atom stereocenters. The summed E-state index contributed by atoms with van der Waals surface area (Å²) < 4.78 is 26.6.